The van der Waals surface area contributed by atoms with Crippen LogP contribution in [0.2, 0.25) is 5.02 Å². The van der Waals surface area contributed by atoms with E-state index in [2.05, 4.69) is 50.8 Å². The first-order valence-electron chi connectivity index (χ1n) is 6.74. The van der Waals surface area contributed by atoms with Gasteiger partial charge in [0.1, 0.15) is 0 Å². The topological polar surface area (TPSA) is 24.1 Å². The Kier molecular flexibility index (Phi) is 4.29. The Morgan fingerprint density at radius 2 is 2.05 bits per heavy atom. The molecule has 0 fully saturated rings. The summed E-state index contributed by atoms with van der Waals surface area (Å²) in [7, 11) is 0. The minimum atomic E-state index is 0.318. The Balaban J connectivity index is 1.90. The third-order valence-corrected chi connectivity index (χ3v) is 4.51. The third kappa shape index (κ3) is 3.00. The van der Waals surface area contributed by atoms with Gasteiger partial charge in [-0.25, -0.2) is 0 Å². The lowest BCUT2D eigenvalue weighted by Gasteiger charge is -2.21. The fourth-order valence-corrected chi connectivity index (χ4v) is 3.40. The number of anilines is 1. The second-order valence-corrected chi connectivity index (χ2v) is 6.28. The van der Waals surface area contributed by atoms with E-state index >= 15 is 0 Å². The molecule has 1 unspecified atom stereocenters. The molecule has 2 nitrogen and oxygen atoms in total. The zero-order valence-electron chi connectivity index (χ0n) is 11.0. The van der Waals surface area contributed by atoms with Crippen LogP contribution in [0.15, 0.2) is 46.9 Å². The smallest absolute Gasteiger partial charge is 0.0529 e. The summed E-state index contributed by atoms with van der Waals surface area (Å²) in [6, 6.07) is 14.8. The maximum Gasteiger partial charge on any atom is 0.0529 e. The molecule has 1 aliphatic heterocycles. The largest absolute Gasteiger partial charge is 0.377 e. The molecule has 0 saturated heterocycles. The molecule has 20 heavy (non-hydrogen) atoms. The first kappa shape index (κ1) is 13.9. The first-order valence-corrected chi connectivity index (χ1v) is 7.91. The number of benzene rings is 2. The van der Waals surface area contributed by atoms with Crippen LogP contribution >= 0.6 is 27.5 Å². The van der Waals surface area contributed by atoms with E-state index in [0.717, 1.165) is 34.7 Å². The minimum Gasteiger partial charge on any atom is -0.377 e. The van der Waals surface area contributed by atoms with Gasteiger partial charge in [0.2, 0.25) is 0 Å². The van der Waals surface area contributed by atoms with E-state index in [4.69, 9.17) is 11.6 Å². The SMILES string of the molecule is Clc1ccc(NC2CCNCc3ccccc32)c(Br)c1. The molecule has 3 rings (SSSR count). The van der Waals surface area contributed by atoms with Crippen LogP contribution in [0.1, 0.15) is 23.6 Å². The highest BCUT2D eigenvalue weighted by Gasteiger charge is 2.18. The molecule has 0 aliphatic carbocycles. The monoisotopic (exact) mass is 350 g/mol. The van der Waals surface area contributed by atoms with Crippen LogP contribution in [-0.4, -0.2) is 6.54 Å². The van der Waals surface area contributed by atoms with E-state index in [-0.39, 0.29) is 0 Å². The number of fused-ring (bicyclic) bond motifs is 1. The molecule has 0 amide bonds. The molecule has 2 N–H and O–H groups in total. The zero-order valence-corrected chi connectivity index (χ0v) is 13.3. The van der Waals surface area contributed by atoms with Gasteiger partial charge in [-0.2, -0.15) is 0 Å². The summed E-state index contributed by atoms with van der Waals surface area (Å²) in [6.07, 6.45) is 1.06. The summed E-state index contributed by atoms with van der Waals surface area (Å²) in [5.41, 5.74) is 3.82. The van der Waals surface area contributed by atoms with Crippen LogP contribution in [0, 0.1) is 0 Å². The molecule has 2 aromatic rings. The Hall–Kier alpha value is -1.03. The second kappa shape index (κ2) is 6.17. The van der Waals surface area contributed by atoms with Gasteiger partial charge >= 0.3 is 0 Å². The maximum absolute atomic E-state index is 6.00. The van der Waals surface area contributed by atoms with Crippen molar-refractivity contribution in [3.63, 3.8) is 0 Å². The van der Waals surface area contributed by atoms with Crippen LogP contribution in [0.5, 0.6) is 0 Å². The molecule has 0 saturated carbocycles. The lowest BCUT2D eigenvalue weighted by molar-refractivity contribution is 0.637. The Morgan fingerprint density at radius 1 is 1.20 bits per heavy atom. The molecule has 0 spiro atoms. The molecule has 1 aliphatic rings. The van der Waals surface area contributed by atoms with Crippen molar-refractivity contribution in [3.05, 3.63) is 63.1 Å². The van der Waals surface area contributed by atoms with Gasteiger partial charge in [-0.05, 0) is 58.2 Å². The van der Waals surface area contributed by atoms with Gasteiger partial charge in [0.05, 0.1) is 6.04 Å². The van der Waals surface area contributed by atoms with Crippen molar-refractivity contribution in [1.82, 2.24) is 5.32 Å². The molecule has 4 heteroatoms. The van der Waals surface area contributed by atoms with Gasteiger partial charge in [-0.1, -0.05) is 35.9 Å². The van der Waals surface area contributed by atoms with E-state index in [1.54, 1.807) is 0 Å². The van der Waals surface area contributed by atoms with Crippen molar-refractivity contribution >= 4 is 33.2 Å². The summed E-state index contributed by atoms with van der Waals surface area (Å²) < 4.78 is 1.000. The van der Waals surface area contributed by atoms with E-state index in [9.17, 15) is 0 Å². The highest BCUT2D eigenvalue weighted by Crippen LogP contribution is 2.32. The van der Waals surface area contributed by atoms with Crippen molar-refractivity contribution < 1.29 is 0 Å². The van der Waals surface area contributed by atoms with Gasteiger partial charge in [0, 0.05) is 21.7 Å². The Morgan fingerprint density at radius 3 is 2.90 bits per heavy atom. The van der Waals surface area contributed by atoms with Gasteiger partial charge in [-0.3, -0.25) is 0 Å². The third-order valence-electron chi connectivity index (χ3n) is 3.62. The van der Waals surface area contributed by atoms with Crippen LogP contribution in [0.3, 0.4) is 0 Å². The molecular weight excluding hydrogens is 336 g/mol. The van der Waals surface area contributed by atoms with Crippen molar-refractivity contribution in [2.24, 2.45) is 0 Å². The molecule has 0 bridgehead atoms. The minimum absolute atomic E-state index is 0.318. The van der Waals surface area contributed by atoms with E-state index < -0.39 is 0 Å². The van der Waals surface area contributed by atoms with E-state index in [1.165, 1.54) is 11.1 Å². The fourth-order valence-electron chi connectivity index (χ4n) is 2.60. The molecule has 0 radical (unpaired) electrons. The van der Waals surface area contributed by atoms with Crippen LogP contribution < -0.4 is 10.6 Å². The number of nitrogens with one attached hydrogen (secondary N) is 2. The molecule has 1 heterocycles. The van der Waals surface area contributed by atoms with Crippen molar-refractivity contribution in [1.29, 1.82) is 0 Å². The molecule has 0 aromatic heterocycles. The van der Waals surface area contributed by atoms with Gasteiger partial charge in [-0.15, -0.1) is 0 Å². The predicted octanol–water partition coefficient (Wildman–Crippen LogP) is 4.75. The molecular formula is C16H16BrClN2. The quantitative estimate of drug-likeness (QED) is 0.816. The normalized spacial score (nSPS) is 18.2. The predicted molar refractivity (Wildman–Crippen MR) is 88.3 cm³/mol. The van der Waals surface area contributed by atoms with Crippen LogP contribution in [0.4, 0.5) is 5.69 Å². The standard InChI is InChI=1S/C16H16BrClN2/c17-14-9-12(18)5-6-16(14)20-15-7-8-19-10-11-3-1-2-4-13(11)15/h1-6,9,15,19-20H,7-8,10H2. The van der Waals surface area contributed by atoms with Gasteiger partial charge in [0.15, 0.2) is 0 Å². The molecule has 2 aromatic carbocycles. The van der Waals surface area contributed by atoms with Crippen LogP contribution in [0.25, 0.3) is 0 Å². The van der Waals surface area contributed by atoms with Crippen molar-refractivity contribution in [3.8, 4) is 0 Å². The number of halogens is 2. The second-order valence-electron chi connectivity index (χ2n) is 4.99. The Labute approximate surface area is 132 Å². The van der Waals surface area contributed by atoms with E-state index in [1.807, 2.05) is 18.2 Å². The number of rotatable bonds is 2. The van der Waals surface area contributed by atoms with Crippen molar-refractivity contribution in [2.45, 2.75) is 19.0 Å². The van der Waals surface area contributed by atoms with Crippen LogP contribution in [-0.2, 0) is 6.54 Å². The average Bonchev–Trinajstić information content (AvgIpc) is 2.65. The highest BCUT2D eigenvalue weighted by atomic mass is 79.9. The summed E-state index contributed by atoms with van der Waals surface area (Å²) in [6.45, 7) is 1.95. The summed E-state index contributed by atoms with van der Waals surface area (Å²) >= 11 is 9.57. The lowest BCUT2D eigenvalue weighted by Crippen LogP contribution is -2.15. The molecule has 104 valence electrons. The number of hydrogen-bond donors (Lipinski definition) is 2. The summed E-state index contributed by atoms with van der Waals surface area (Å²) in [5, 5.41) is 7.84. The van der Waals surface area contributed by atoms with Gasteiger partial charge < -0.3 is 10.6 Å². The lowest BCUT2D eigenvalue weighted by atomic mass is 9.99. The van der Waals surface area contributed by atoms with Crippen molar-refractivity contribution in [2.75, 3.05) is 11.9 Å². The fraction of sp³-hybridized carbons (Fsp3) is 0.250. The highest BCUT2D eigenvalue weighted by molar-refractivity contribution is 9.10. The zero-order chi connectivity index (χ0) is 13.9. The van der Waals surface area contributed by atoms with E-state index in [0.29, 0.717) is 6.04 Å². The Bertz CT molecular complexity index is 615. The van der Waals surface area contributed by atoms with Gasteiger partial charge in [0.25, 0.3) is 0 Å². The summed E-state index contributed by atoms with van der Waals surface area (Å²) in [5.74, 6) is 0. The maximum atomic E-state index is 6.00. The summed E-state index contributed by atoms with van der Waals surface area (Å²) in [4.78, 5) is 0. The first-order chi connectivity index (χ1) is 9.74. The number of hydrogen-bond acceptors (Lipinski definition) is 2. The molecule has 1 atom stereocenters. The average molecular weight is 352 g/mol.